The minimum atomic E-state index is -0.952. The van der Waals surface area contributed by atoms with Crippen molar-refractivity contribution in [1.82, 2.24) is 0 Å². The summed E-state index contributed by atoms with van der Waals surface area (Å²) in [7, 11) is 7.84. The summed E-state index contributed by atoms with van der Waals surface area (Å²) in [6.45, 7) is 8.07. The van der Waals surface area contributed by atoms with Crippen molar-refractivity contribution in [1.29, 1.82) is 0 Å². The van der Waals surface area contributed by atoms with Gasteiger partial charge in [0.15, 0.2) is 0 Å². The van der Waals surface area contributed by atoms with Crippen molar-refractivity contribution in [3.63, 3.8) is 0 Å². The normalized spacial score (nSPS) is 32.9. The maximum absolute atomic E-state index is 6.13. The van der Waals surface area contributed by atoms with Crippen molar-refractivity contribution in [2.45, 2.75) is 33.7 Å². The van der Waals surface area contributed by atoms with Crippen molar-refractivity contribution in [3.8, 4) is 0 Å². The first-order chi connectivity index (χ1) is 7.91. The van der Waals surface area contributed by atoms with E-state index in [1.807, 2.05) is 35.1 Å². The third-order valence-electron chi connectivity index (χ3n) is 3.27. The second-order valence-corrected chi connectivity index (χ2v) is 6.82. The Balaban J connectivity index is 2.46. The molecule has 6 heteroatoms. The van der Waals surface area contributed by atoms with Gasteiger partial charge in [-0.3, -0.25) is 0 Å². The second-order valence-electron chi connectivity index (χ2n) is 6.82. The van der Waals surface area contributed by atoms with E-state index in [0.29, 0.717) is 11.8 Å². The fraction of sp³-hybridized carbons (Fsp3) is 0.833. The van der Waals surface area contributed by atoms with E-state index in [1.165, 1.54) is 0 Å². The number of ether oxygens (including phenoxy) is 2. The lowest BCUT2D eigenvalue weighted by Gasteiger charge is -2.36. The summed E-state index contributed by atoms with van der Waals surface area (Å²) < 4.78 is 12.5. The van der Waals surface area contributed by atoms with Gasteiger partial charge < -0.3 is 9.47 Å². The second kappa shape index (κ2) is 3.24. The predicted molar refractivity (Wildman–Crippen MR) is 69.1 cm³/mol. The van der Waals surface area contributed by atoms with Crippen LogP contribution in [0.15, 0.2) is 10.2 Å². The largest absolute Gasteiger partial charge is 0.614 e. The molecular formula is C12H24N4O2+2. The molecule has 0 N–H and O–H groups in total. The van der Waals surface area contributed by atoms with Crippen LogP contribution < -0.4 is 0 Å². The van der Waals surface area contributed by atoms with E-state index in [0.717, 1.165) is 0 Å². The van der Waals surface area contributed by atoms with Crippen LogP contribution in [-0.4, -0.2) is 55.2 Å². The molecule has 0 aromatic carbocycles. The zero-order chi connectivity index (χ0) is 14.0. The molecule has 0 radical (unpaired) electrons. The number of rotatable bonds is 0. The molecule has 0 aromatic heterocycles. The molecule has 2 heterocycles. The Kier molecular flexibility index (Phi) is 2.40. The summed E-state index contributed by atoms with van der Waals surface area (Å²) in [5.41, 5.74) is -0.154. The van der Waals surface area contributed by atoms with Crippen LogP contribution in [0.25, 0.3) is 0 Å². The number of quaternary nitrogens is 2. The standard InChI is InChI=1S/C12H24N4O2/c1-9-13-15(5,6)12(17-9)16(7,8)14-10(18-12)11(2,3)4/h1-8H3/q+2. The molecule has 0 fully saturated rings. The van der Waals surface area contributed by atoms with Crippen LogP contribution in [0.1, 0.15) is 27.7 Å². The third-order valence-corrected chi connectivity index (χ3v) is 3.27. The van der Waals surface area contributed by atoms with E-state index in [-0.39, 0.29) is 14.6 Å². The number of nitrogens with zero attached hydrogens (tertiary/aromatic N) is 4. The van der Waals surface area contributed by atoms with E-state index < -0.39 is 6.03 Å². The van der Waals surface area contributed by atoms with Gasteiger partial charge in [0.2, 0.25) is 0 Å². The number of hydrogen-bond donors (Lipinski definition) is 0. The first-order valence-electron chi connectivity index (χ1n) is 6.15. The van der Waals surface area contributed by atoms with Gasteiger partial charge in [0.05, 0.1) is 0 Å². The molecular weight excluding hydrogens is 232 g/mol. The molecule has 2 aliphatic rings. The fourth-order valence-corrected chi connectivity index (χ4v) is 2.43. The van der Waals surface area contributed by atoms with Crippen molar-refractivity contribution in [2.75, 3.05) is 28.2 Å². The predicted octanol–water partition coefficient (Wildman–Crippen LogP) is 1.50. The van der Waals surface area contributed by atoms with Crippen LogP contribution in [0.5, 0.6) is 0 Å². The molecule has 0 aliphatic carbocycles. The molecule has 2 aliphatic heterocycles. The Labute approximate surface area is 109 Å². The summed E-state index contributed by atoms with van der Waals surface area (Å²) in [4.78, 5) is 0. The lowest BCUT2D eigenvalue weighted by atomic mass is 9.97. The maximum Gasteiger partial charge on any atom is 0.614 e. The van der Waals surface area contributed by atoms with Crippen molar-refractivity contribution in [3.05, 3.63) is 0 Å². The van der Waals surface area contributed by atoms with Gasteiger partial charge in [-0.25, -0.2) is 0 Å². The molecule has 0 saturated carbocycles. The smallest absolute Gasteiger partial charge is 0.336 e. The van der Waals surface area contributed by atoms with E-state index in [2.05, 4.69) is 31.0 Å². The molecule has 102 valence electrons. The quantitative estimate of drug-likeness (QED) is 0.616. The summed E-state index contributed by atoms with van der Waals surface area (Å²) in [6, 6.07) is -0.952. The van der Waals surface area contributed by atoms with Crippen LogP contribution in [0.2, 0.25) is 0 Å². The molecule has 18 heavy (non-hydrogen) atoms. The minimum Gasteiger partial charge on any atom is -0.336 e. The Hall–Kier alpha value is -1.14. The zero-order valence-corrected chi connectivity index (χ0v) is 12.6. The van der Waals surface area contributed by atoms with Gasteiger partial charge in [-0.15, -0.1) is 0 Å². The molecule has 6 nitrogen and oxygen atoms in total. The van der Waals surface area contributed by atoms with Gasteiger partial charge in [-0.2, -0.15) is 0 Å². The summed E-state index contributed by atoms with van der Waals surface area (Å²) in [5.74, 6) is 1.32. The SMILES string of the molecule is CC1=N[N+](C)(C)C2(O1)OC(C(C)(C)C)=N[N+]2(C)C. The highest BCUT2D eigenvalue weighted by Crippen LogP contribution is 2.44. The van der Waals surface area contributed by atoms with Crippen LogP contribution in [0.3, 0.4) is 0 Å². The van der Waals surface area contributed by atoms with Gasteiger partial charge >= 0.3 is 6.03 Å². The maximum atomic E-state index is 6.13. The summed E-state index contributed by atoms with van der Waals surface area (Å²) in [6.07, 6.45) is 0. The first kappa shape index (κ1) is 13.3. The van der Waals surface area contributed by atoms with Crippen molar-refractivity contribution < 1.29 is 18.7 Å². The Bertz CT molecular complexity index is 445. The van der Waals surface area contributed by atoms with E-state index in [4.69, 9.17) is 9.47 Å². The monoisotopic (exact) mass is 256 g/mol. The summed E-state index contributed by atoms with van der Waals surface area (Å²) in [5, 5.41) is 9.16. The van der Waals surface area contributed by atoms with Crippen molar-refractivity contribution in [2.24, 2.45) is 15.6 Å². The van der Waals surface area contributed by atoms with Crippen LogP contribution >= 0.6 is 0 Å². The Morgan fingerprint density at radius 1 is 0.944 bits per heavy atom. The van der Waals surface area contributed by atoms with E-state index in [9.17, 15) is 0 Å². The fourth-order valence-electron chi connectivity index (χ4n) is 2.43. The van der Waals surface area contributed by atoms with Crippen LogP contribution in [0, 0.1) is 5.41 Å². The van der Waals surface area contributed by atoms with Crippen LogP contribution in [0.4, 0.5) is 0 Å². The molecule has 1 atom stereocenters. The Morgan fingerprint density at radius 2 is 1.44 bits per heavy atom. The lowest BCUT2D eigenvalue weighted by molar-refractivity contribution is -1.18. The average molecular weight is 256 g/mol. The molecule has 0 aromatic rings. The van der Waals surface area contributed by atoms with Gasteiger partial charge in [-0.1, -0.05) is 30.0 Å². The third kappa shape index (κ3) is 1.55. The molecule has 1 spiro atoms. The van der Waals surface area contributed by atoms with E-state index in [1.54, 1.807) is 0 Å². The molecule has 0 amide bonds. The average Bonchev–Trinajstić information content (AvgIpc) is 2.48. The molecule has 0 saturated heterocycles. The number of hydrogen-bond acceptors (Lipinski definition) is 4. The highest BCUT2D eigenvalue weighted by Gasteiger charge is 2.76. The highest BCUT2D eigenvalue weighted by molar-refractivity contribution is 5.82. The van der Waals surface area contributed by atoms with Gasteiger partial charge in [0, 0.05) is 12.3 Å². The van der Waals surface area contributed by atoms with Crippen molar-refractivity contribution >= 4 is 11.8 Å². The topological polar surface area (TPSA) is 43.2 Å². The Morgan fingerprint density at radius 3 is 1.78 bits per heavy atom. The summed E-state index contributed by atoms with van der Waals surface area (Å²) >= 11 is 0. The van der Waals surface area contributed by atoms with Gasteiger partial charge in [-0.05, 0) is 10.2 Å². The highest BCUT2D eigenvalue weighted by atomic mass is 16.8. The van der Waals surface area contributed by atoms with Gasteiger partial charge in [0.25, 0.3) is 11.8 Å². The lowest BCUT2D eigenvalue weighted by Crippen LogP contribution is -2.69. The van der Waals surface area contributed by atoms with Crippen LogP contribution in [-0.2, 0) is 9.47 Å². The molecule has 1 unspecified atom stereocenters. The van der Waals surface area contributed by atoms with Gasteiger partial charge in [0.1, 0.15) is 28.2 Å². The molecule has 0 bridgehead atoms. The zero-order valence-electron chi connectivity index (χ0n) is 12.6. The molecule has 2 rings (SSSR count). The minimum absolute atomic E-state index is 0.154. The first-order valence-corrected chi connectivity index (χ1v) is 6.15. The van der Waals surface area contributed by atoms with E-state index >= 15 is 0 Å².